The molecule has 1 aliphatic heterocycles. The molecule has 0 spiro atoms. The van der Waals surface area contributed by atoms with E-state index in [-0.39, 0.29) is 5.91 Å². The Morgan fingerprint density at radius 2 is 1.89 bits per heavy atom. The molecule has 1 N–H and O–H groups in total. The molecule has 0 unspecified atom stereocenters. The van der Waals surface area contributed by atoms with Crippen molar-refractivity contribution in [1.82, 2.24) is 20.2 Å². The van der Waals surface area contributed by atoms with E-state index in [2.05, 4.69) is 15.3 Å². The highest BCUT2D eigenvalue weighted by molar-refractivity contribution is 5.93. The van der Waals surface area contributed by atoms with Crippen LogP contribution in [0.15, 0.2) is 18.7 Å². The van der Waals surface area contributed by atoms with Gasteiger partial charge in [0.2, 0.25) is 0 Å². The number of hydrogen-bond donors (Lipinski definition) is 1. The molecule has 19 heavy (non-hydrogen) atoms. The first-order valence-corrected chi connectivity index (χ1v) is 7.10. The maximum atomic E-state index is 12.2. The largest absolute Gasteiger partial charge is 0.338 e. The topological polar surface area (TPSA) is 58.1 Å². The molecule has 2 aliphatic rings. The molecule has 2 heterocycles. The van der Waals surface area contributed by atoms with Crippen molar-refractivity contribution in [2.45, 2.75) is 31.7 Å². The third-order valence-corrected chi connectivity index (χ3v) is 3.98. The number of carbonyl (C=O) groups excluding carboxylic acids is 1. The standard InChI is InChI=1S/C14H20N4O/c19-14(12-8-15-10-16-9-12)18-5-3-13(4-6-18)17-7-11-1-2-11/h8-11,13,17H,1-7H2. The molecule has 102 valence electrons. The number of hydrogen-bond acceptors (Lipinski definition) is 4. The predicted octanol–water partition coefficient (Wildman–Crippen LogP) is 1.08. The van der Waals surface area contributed by atoms with Crippen LogP contribution in [0.1, 0.15) is 36.0 Å². The zero-order chi connectivity index (χ0) is 13.1. The summed E-state index contributed by atoms with van der Waals surface area (Å²) in [4.78, 5) is 21.9. The molecule has 3 rings (SSSR count). The number of nitrogens with one attached hydrogen (secondary N) is 1. The van der Waals surface area contributed by atoms with E-state index in [1.54, 1.807) is 12.4 Å². The van der Waals surface area contributed by atoms with Crippen molar-refractivity contribution in [3.05, 3.63) is 24.3 Å². The van der Waals surface area contributed by atoms with Crippen LogP contribution in [0.25, 0.3) is 0 Å². The number of likely N-dealkylation sites (tertiary alicyclic amines) is 1. The predicted molar refractivity (Wildman–Crippen MR) is 71.7 cm³/mol. The zero-order valence-electron chi connectivity index (χ0n) is 11.1. The maximum absolute atomic E-state index is 12.2. The lowest BCUT2D eigenvalue weighted by molar-refractivity contribution is 0.0704. The molecule has 1 aromatic heterocycles. The molecule has 1 amide bonds. The van der Waals surface area contributed by atoms with Crippen LogP contribution in [0.5, 0.6) is 0 Å². The van der Waals surface area contributed by atoms with Crippen LogP contribution in [0.4, 0.5) is 0 Å². The minimum Gasteiger partial charge on any atom is -0.338 e. The van der Waals surface area contributed by atoms with E-state index >= 15 is 0 Å². The van der Waals surface area contributed by atoms with Crippen molar-refractivity contribution < 1.29 is 4.79 Å². The minimum absolute atomic E-state index is 0.0567. The highest BCUT2D eigenvalue weighted by Crippen LogP contribution is 2.28. The Morgan fingerprint density at radius 1 is 1.21 bits per heavy atom. The van der Waals surface area contributed by atoms with Gasteiger partial charge in [0.25, 0.3) is 5.91 Å². The van der Waals surface area contributed by atoms with Crippen LogP contribution >= 0.6 is 0 Å². The van der Waals surface area contributed by atoms with Gasteiger partial charge >= 0.3 is 0 Å². The van der Waals surface area contributed by atoms with Gasteiger partial charge in [-0.05, 0) is 38.1 Å². The lowest BCUT2D eigenvalue weighted by Crippen LogP contribution is -2.45. The Bertz CT molecular complexity index is 424. The van der Waals surface area contributed by atoms with E-state index in [0.29, 0.717) is 11.6 Å². The summed E-state index contributed by atoms with van der Waals surface area (Å²) in [5.41, 5.74) is 0.590. The van der Waals surface area contributed by atoms with Crippen molar-refractivity contribution >= 4 is 5.91 Å². The van der Waals surface area contributed by atoms with E-state index in [0.717, 1.165) is 38.4 Å². The van der Waals surface area contributed by atoms with Crippen LogP contribution in [0, 0.1) is 5.92 Å². The summed E-state index contributed by atoms with van der Waals surface area (Å²) in [6.07, 6.45) is 9.50. The fraction of sp³-hybridized carbons (Fsp3) is 0.643. The second kappa shape index (κ2) is 5.65. The third kappa shape index (κ3) is 3.29. The van der Waals surface area contributed by atoms with Crippen molar-refractivity contribution in [3.63, 3.8) is 0 Å². The Labute approximate surface area is 113 Å². The Balaban J connectivity index is 1.47. The first-order chi connectivity index (χ1) is 9.33. The molecule has 0 bridgehead atoms. The van der Waals surface area contributed by atoms with Gasteiger partial charge in [-0.15, -0.1) is 0 Å². The van der Waals surface area contributed by atoms with Crippen molar-refractivity contribution in [2.75, 3.05) is 19.6 Å². The maximum Gasteiger partial charge on any atom is 0.256 e. The molecule has 0 aromatic carbocycles. The smallest absolute Gasteiger partial charge is 0.256 e. The Morgan fingerprint density at radius 3 is 2.53 bits per heavy atom. The van der Waals surface area contributed by atoms with Crippen molar-refractivity contribution in [1.29, 1.82) is 0 Å². The highest BCUT2D eigenvalue weighted by Gasteiger charge is 2.26. The van der Waals surface area contributed by atoms with Gasteiger partial charge in [0.15, 0.2) is 0 Å². The number of aromatic nitrogens is 2. The Hall–Kier alpha value is -1.49. The van der Waals surface area contributed by atoms with E-state index in [1.807, 2.05) is 4.90 Å². The van der Waals surface area contributed by atoms with Crippen LogP contribution < -0.4 is 5.32 Å². The fourth-order valence-electron chi connectivity index (χ4n) is 2.53. The van der Waals surface area contributed by atoms with Gasteiger partial charge in [0, 0.05) is 31.5 Å². The molecule has 2 fully saturated rings. The fourth-order valence-corrected chi connectivity index (χ4v) is 2.53. The number of piperidine rings is 1. The molecule has 1 saturated heterocycles. The van der Waals surface area contributed by atoms with E-state index in [1.165, 1.54) is 19.2 Å². The highest BCUT2D eigenvalue weighted by atomic mass is 16.2. The molecule has 1 aromatic rings. The van der Waals surface area contributed by atoms with Crippen molar-refractivity contribution in [2.24, 2.45) is 5.92 Å². The zero-order valence-corrected chi connectivity index (χ0v) is 11.1. The molecule has 1 saturated carbocycles. The minimum atomic E-state index is 0.0567. The van der Waals surface area contributed by atoms with Crippen LogP contribution in [0.2, 0.25) is 0 Å². The normalized spacial score (nSPS) is 20.5. The summed E-state index contributed by atoms with van der Waals surface area (Å²) >= 11 is 0. The second-order valence-corrected chi connectivity index (χ2v) is 5.55. The lowest BCUT2D eigenvalue weighted by atomic mass is 10.0. The number of amides is 1. The molecule has 5 nitrogen and oxygen atoms in total. The lowest BCUT2D eigenvalue weighted by Gasteiger charge is -2.32. The van der Waals surface area contributed by atoms with Gasteiger partial charge in [0.05, 0.1) is 5.56 Å². The monoisotopic (exact) mass is 260 g/mol. The van der Waals surface area contributed by atoms with Gasteiger partial charge < -0.3 is 10.2 Å². The molecular formula is C14H20N4O. The third-order valence-electron chi connectivity index (χ3n) is 3.98. The van der Waals surface area contributed by atoms with Crippen LogP contribution in [-0.4, -0.2) is 46.5 Å². The van der Waals surface area contributed by atoms with E-state index in [9.17, 15) is 4.79 Å². The molecule has 0 radical (unpaired) electrons. The molecule has 0 atom stereocenters. The van der Waals surface area contributed by atoms with Gasteiger partial charge in [0.1, 0.15) is 6.33 Å². The first kappa shape index (κ1) is 12.5. The summed E-state index contributed by atoms with van der Waals surface area (Å²) in [5, 5.41) is 3.62. The average Bonchev–Trinajstić information content (AvgIpc) is 3.30. The number of carbonyl (C=O) groups is 1. The summed E-state index contributed by atoms with van der Waals surface area (Å²) in [5.74, 6) is 0.974. The first-order valence-electron chi connectivity index (χ1n) is 7.10. The van der Waals surface area contributed by atoms with Crippen LogP contribution in [-0.2, 0) is 0 Å². The van der Waals surface area contributed by atoms with Crippen molar-refractivity contribution in [3.8, 4) is 0 Å². The Kier molecular flexibility index (Phi) is 3.73. The second-order valence-electron chi connectivity index (χ2n) is 5.55. The van der Waals surface area contributed by atoms with Crippen LogP contribution in [0.3, 0.4) is 0 Å². The van der Waals surface area contributed by atoms with Gasteiger partial charge in [-0.1, -0.05) is 0 Å². The molecular weight excluding hydrogens is 240 g/mol. The summed E-state index contributed by atoms with van der Waals surface area (Å²) in [6.45, 7) is 2.82. The number of rotatable bonds is 4. The van der Waals surface area contributed by atoms with E-state index in [4.69, 9.17) is 0 Å². The SMILES string of the molecule is O=C(c1cncnc1)N1CCC(NCC2CC2)CC1. The van der Waals surface area contributed by atoms with Gasteiger partial charge in [-0.25, -0.2) is 9.97 Å². The number of nitrogens with zero attached hydrogens (tertiary/aromatic N) is 3. The summed E-state index contributed by atoms with van der Waals surface area (Å²) < 4.78 is 0. The molecule has 1 aliphatic carbocycles. The molecule has 5 heteroatoms. The van der Waals surface area contributed by atoms with Gasteiger partial charge in [-0.2, -0.15) is 0 Å². The summed E-state index contributed by atoms with van der Waals surface area (Å²) in [6, 6.07) is 0.580. The quantitative estimate of drug-likeness (QED) is 0.880. The van der Waals surface area contributed by atoms with Gasteiger partial charge in [-0.3, -0.25) is 4.79 Å². The average molecular weight is 260 g/mol. The van der Waals surface area contributed by atoms with E-state index < -0.39 is 0 Å². The summed E-state index contributed by atoms with van der Waals surface area (Å²) in [7, 11) is 0.